The van der Waals surface area contributed by atoms with E-state index in [0.717, 1.165) is 21.3 Å². The van der Waals surface area contributed by atoms with E-state index in [9.17, 15) is 4.39 Å². The number of hydrogen-bond donors (Lipinski definition) is 2. The lowest BCUT2D eigenvalue weighted by Gasteiger charge is -2.17. The summed E-state index contributed by atoms with van der Waals surface area (Å²) in [5.74, 6) is -0.239. The van der Waals surface area contributed by atoms with Crippen molar-refractivity contribution in [2.75, 3.05) is 5.32 Å². The van der Waals surface area contributed by atoms with Crippen molar-refractivity contribution in [3.05, 3.63) is 63.9 Å². The number of thiocarbonyl (C=S) groups is 1. The van der Waals surface area contributed by atoms with E-state index >= 15 is 0 Å². The van der Waals surface area contributed by atoms with Gasteiger partial charge < -0.3 is 10.6 Å². The third kappa shape index (κ3) is 4.51. The van der Waals surface area contributed by atoms with E-state index in [2.05, 4.69) is 26.6 Å². The van der Waals surface area contributed by atoms with Crippen LogP contribution < -0.4 is 10.6 Å². The molecule has 0 aliphatic heterocycles. The van der Waals surface area contributed by atoms with Gasteiger partial charge in [-0.05, 0) is 67.5 Å². The molecular weight excluding hydrogens is 351 g/mol. The third-order valence-corrected chi connectivity index (χ3v) is 4.24. The van der Waals surface area contributed by atoms with Crippen molar-refractivity contribution in [2.24, 2.45) is 0 Å². The molecule has 0 fully saturated rings. The Kier molecular flexibility index (Phi) is 5.31. The first-order chi connectivity index (χ1) is 9.95. The maximum Gasteiger partial charge on any atom is 0.171 e. The summed E-state index contributed by atoms with van der Waals surface area (Å²) in [5.41, 5.74) is 3.04. The summed E-state index contributed by atoms with van der Waals surface area (Å²) in [6, 6.07) is 12.3. The highest BCUT2D eigenvalue weighted by atomic mass is 79.9. The van der Waals surface area contributed by atoms with Crippen molar-refractivity contribution >= 4 is 38.9 Å². The second-order valence-corrected chi connectivity index (χ2v) is 6.10. The average molecular weight is 367 g/mol. The molecule has 2 aromatic rings. The molecule has 0 saturated carbocycles. The predicted octanol–water partition coefficient (Wildman–Crippen LogP) is 4.94. The number of nitrogens with one attached hydrogen (secondary N) is 2. The normalized spacial score (nSPS) is 11.8. The molecular formula is C16H16BrFN2S. The molecule has 0 aliphatic rings. The van der Waals surface area contributed by atoms with E-state index in [0.29, 0.717) is 5.11 Å². The van der Waals surface area contributed by atoms with Crippen molar-refractivity contribution in [3.63, 3.8) is 0 Å². The van der Waals surface area contributed by atoms with Gasteiger partial charge in [0.15, 0.2) is 5.11 Å². The largest absolute Gasteiger partial charge is 0.356 e. The minimum absolute atomic E-state index is 0.00199. The number of hydrogen-bond acceptors (Lipinski definition) is 1. The number of benzene rings is 2. The van der Waals surface area contributed by atoms with Gasteiger partial charge in [0, 0.05) is 10.2 Å². The highest BCUT2D eigenvalue weighted by molar-refractivity contribution is 9.10. The van der Waals surface area contributed by atoms with Gasteiger partial charge in [0.25, 0.3) is 0 Å². The molecule has 0 aromatic heterocycles. The summed E-state index contributed by atoms with van der Waals surface area (Å²) in [6.07, 6.45) is 0. The molecule has 0 saturated heterocycles. The predicted molar refractivity (Wildman–Crippen MR) is 93.1 cm³/mol. The Morgan fingerprint density at radius 3 is 2.48 bits per heavy atom. The molecule has 2 rings (SSSR count). The van der Waals surface area contributed by atoms with Crippen LogP contribution in [0.1, 0.15) is 24.1 Å². The Bertz CT molecular complexity index is 643. The van der Waals surface area contributed by atoms with Crippen LogP contribution in [0.4, 0.5) is 10.1 Å². The number of halogens is 2. The van der Waals surface area contributed by atoms with E-state index < -0.39 is 0 Å². The van der Waals surface area contributed by atoms with Crippen molar-refractivity contribution in [3.8, 4) is 0 Å². The summed E-state index contributed by atoms with van der Waals surface area (Å²) in [5, 5.41) is 6.87. The van der Waals surface area contributed by atoms with E-state index in [1.54, 1.807) is 12.1 Å². The second-order valence-electron chi connectivity index (χ2n) is 4.84. The molecule has 2 N–H and O–H groups in total. The maximum absolute atomic E-state index is 12.9. The van der Waals surface area contributed by atoms with Crippen LogP contribution in [-0.4, -0.2) is 5.11 Å². The number of anilines is 1. The molecule has 2 aromatic carbocycles. The fourth-order valence-corrected chi connectivity index (χ4v) is 2.46. The molecule has 0 spiro atoms. The van der Waals surface area contributed by atoms with E-state index in [1.165, 1.54) is 12.1 Å². The van der Waals surface area contributed by atoms with E-state index in [1.807, 2.05) is 32.0 Å². The SMILES string of the molecule is Cc1cc(NC(=S)NC(C)c2ccc(F)cc2)ccc1Br. The fourth-order valence-electron chi connectivity index (χ4n) is 1.92. The van der Waals surface area contributed by atoms with Gasteiger partial charge in [-0.25, -0.2) is 4.39 Å². The Hall–Kier alpha value is -1.46. The molecule has 0 heterocycles. The second kappa shape index (κ2) is 7.00. The minimum Gasteiger partial charge on any atom is -0.356 e. The zero-order chi connectivity index (χ0) is 15.4. The van der Waals surface area contributed by atoms with Gasteiger partial charge in [-0.15, -0.1) is 0 Å². The Labute approximate surface area is 137 Å². The smallest absolute Gasteiger partial charge is 0.171 e. The van der Waals surface area contributed by atoms with Gasteiger partial charge in [-0.2, -0.15) is 0 Å². The monoisotopic (exact) mass is 366 g/mol. The lowest BCUT2D eigenvalue weighted by atomic mass is 10.1. The van der Waals surface area contributed by atoms with Crippen LogP contribution in [0.3, 0.4) is 0 Å². The van der Waals surface area contributed by atoms with Gasteiger partial charge in [0.1, 0.15) is 5.82 Å². The Morgan fingerprint density at radius 2 is 1.86 bits per heavy atom. The summed E-state index contributed by atoms with van der Waals surface area (Å²) >= 11 is 8.77. The highest BCUT2D eigenvalue weighted by Gasteiger charge is 2.07. The van der Waals surface area contributed by atoms with Crippen molar-refractivity contribution in [1.29, 1.82) is 0 Å². The van der Waals surface area contributed by atoms with Gasteiger partial charge in [-0.1, -0.05) is 28.1 Å². The summed E-state index contributed by atoms with van der Waals surface area (Å²) in [6.45, 7) is 4.00. The zero-order valence-electron chi connectivity index (χ0n) is 11.8. The summed E-state index contributed by atoms with van der Waals surface area (Å²) < 4.78 is 14.0. The Balaban J connectivity index is 1.97. The standard InChI is InChI=1S/C16H16BrFN2S/c1-10-9-14(7-8-15(10)17)20-16(21)19-11(2)12-3-5-13(18)6-4-12/h3-9,11H,1-2H3,(H2,19,20,21). The molecule has 2 nitrogen and oxygen atoms in total. The third-order valence-electron chi connectivity index (χ3n) is 3.13. The van der Waals surface area contributed by atoms with E-state index in [-0.39, 0.29) is 11.9 Å². The minimum atomic E-state index is -0.239. The fraction of sp³-hybridized carbons (Fsp3) is 0.188. The first kappa shape index (κ1) is 15.9. The molecule has 0 aliphatic carbocycles. The molecule has 5 heteroatoms. The lowest BCUT2D eigenvalue weighted by molar-refractivity contribution is 0.624. The lowest BCUT2D eigenvalue weighted by Crippen LogP contribution is -2.30. The van der Waals surface area contributed by atoms with Crippen molar-refractivity contribution in [2.45, 2.75) is 19.9 Å². The van der Waals surface area contributed by atoms with Crippen LogP contribution in [0.25, 0.3) is 0 Å². The van der Waals surface area contributed by atoms with Crippen LogP contribution in [-0.2, 0) is 0 Å². The first-order valence-corrected chi connectivity index (χ1v) is 7.75. The molecule has 0 amide bonds. The molecule has 21 heavy (non-hydrogen) atoms. The van der Waals surface area contributed by atoms with Gasteiger partial charge >= 0.3 is 0 Å². The van der Waals surface area contributed by atoms with Crippen LogP contribution in [0, 0.1) is 12.7 Å². The van der Waals surface area contributed by atoms with Crippen LogP contribution in [0.5, 0.6) is 0 Å². The summed E-state index contributed by atoms with van der Waals surface area (Å²) in [4.78, 5) is 0. The molecule has 0 radical (unpaired) electrons. The quantitative estimate of drug-likeness (QED) is 0.751. The molecule has 0 bridgehead atoms. The van der Waals surface area contributed by atoms with Gasteiger partial charge in [-0.3, -0.25) is 0 Å². The Morgan fingerprint density at radius 1 is 1.19 bits per heavy atom. The van der Waals surface area contributed by atoms with Crippen LogP contribution >= 0.6 is 28.1 Å². The van der Waals surface area contributed by atoms with Gasteiger partial charge in [0.05, 0.1) is 6.04 Å². The summed E-state index contributed by atoms with van der Waals surface area (Å²) in [7, 11) is 0. The van der Waals surface area contributed by atoms with E-state index in [4.69, 9.17) is 12.2 Å². The number of rotatable bonds is 3. The topological polar surface area (TPSA) is 24.1 Å². The first-order valence-electron chi connectivity index (χ1n) is 6.55. The average Bonchev–Trinajstić information content (AvgIpc) is 2.43. The van der Waals surface area contributed by atoms with Crippen LogP contribution in [0.2, 0.25) is 0 Å². The van der Waals surface area contributed by atoms with Crippen LogP contribution in [0.15, 0.2) is 46.9 Å². The molecule has 1 atom stereocenters. The highest BCUT2D eigenvalue weighted by Crippen LogP contribution is 2.20. The zero-order valence-corrected chi connectivity index (χ0v) is 14.2. The van der Waals surface area contributed by atoms with Gasteiger partial charge in [0.2, 0.25) is 0 Å². The number of aryl methyl sites for hydroxylation is 1. The molecule has 1 unspecified atom stereocenters. The van der Waals surface area contributed by atoms with Crippen molar-refractivity contribution in [1.82, 2.24) is 5.32 Å². The molecule has 110 valence electrons. The van der Waals surface area contributed by atoms with Crippen molar-refractivity contribution < 1.29 is 4.39 Å². The maximum atomic E-state index is 12.9.